The van der Waals surface area contributed by atoms with Gasteiger partial charge in [0.1, 0.15) is 12.4 Å². The van der Waals surface area contributed by atoms with Crippen molar-refractivity contribution < 1.29 is 9.53 Å². The zero-order valence-electron chi connectivity index (χ0n) is 15.7. The average Bonchev–Trinajstić information content (AvgIpc) is 3.30. The highest BCUT2D eigenvalue weighted by molar-refractivity contribution is 5.99. The number of rotatable bonds is 7. The molecule has 1 fully saturated rings. The van der Waals surface area contributed by atoms with Crippen LogP contribution in [0.2, 0.25) is 0 Å². The van der Waals surface area contributed by atoms with Gasteiger partial charge in [-0.15, -0.1) is 0 Å². The second-order valence-corrected chi connectivity index (χ2v) is 6.89. The molecule has 3 aromatic rings. The third-order valence-corrected chi connectivity index (χ3v) is 4.56. The summed E-state index contributed by atoms with van der Waals surface area (Å²) in [6, 6.07) is 16.9. The van der Waals surface area contributed by atoms with Crippen LogP contribution in [0.4, 0.5) is 16.2 Å². The molecule has 1 saturated heterocycles. The number of nitrogens with one attached hydrogen (secondary N) is 2. The number of aromatic nitrogens is 2. The maximum atomic E-state index is 12.0. The number of nitrogens with zero attached hydrogens (tertiary/aromatic N) is 3. The fraction of sp³-hybridized carbons (Fsp3) is 0.238. The Bertz CT molecular complexity index is 923. The SMILES string of the molecule is Cn1cc(CN2CC2COc2ccc(NC(=O)Nc3ccccc3)cc2)cn1. The van der Waals surface area contributed by atoms with Crippen molar-refractivity contribution in [3.05, 3.63) is 72.6 Å². The molecule has 0 aliphatic carbocycles. The van der Waals surface area contributed by atoms with Gasteiger partial charge in [0, 0.05) is 43.3 Å². The minimum atomic E-state index is -0.274. The van der Waals surface area contributed by atoms with Gasteiger partial charge in [0.05, 0.1) is 12.2 Å². The van der Waals surface area contributed by atoms with Crippen molar-refractivity contribution in [1.29, 1.82) is 0 Å². The van der Waals surface area contributed by atoms with Gasteiger partial charge < -0.3 is 15.4 Å². The van der Waals surface area contributed by atoms with E-state index in [-0.39, 0.29) is 6.03 Å². The number of para-hydroxylation sites is 1. The Balaban J connectivity index is 1.20. The van der Waals surface area contributed by atoms with E-state index in [9.17, 15) is 4.79 Å². The maximum absolute atomic E-state index is 12.0. The molecule has 1 aliphatic heterocycles. The molecule has 1 aromatic heterocycles. The first-order chi connectivity index (χ1) is 13.7. The van der Waals surface area contributed by atoms with Crippen LogP contribution >= 0.6 is 0 Å². The van der Waals surface area contributed by atoms with Crippen molar-refractivity contribution in [3.8, 4) is 5.75 Å². The van der Waals surface area contributed by atoms with Crippen LogP contribution in [-0.2, 0) is 13.6 Å². The van der Waals surface area contributed by atoms with Crippen molar-refractivity contribution in [2.75, 3.05) is 23.8 Å². The van der Waals surface area contributed by atoms with Gasteiger partial charge in [-0.2, -0.15) is 5.10 Å². The van der Waals surface area contributed by atoms with Gasteiger partial charge >= 0.3 is 6.03 Å². The summed E-state index contributed by atoms with van der Waals surface area (Å²) in [4.78, 5) is 14.4. The zero-order valence-corrected chi connectivity index (χ0v) is 15.7. The number of amides is 2. The lowest BCUT2D eigenvalue weighted by molar-refractivity contribution is 0.262. The normalized spacial score (nSPS) is 17.8. The quantitative estimate of drug-likeness (QED) is 0.620. The smallest absolute Gasteiger partial charge is 0.323 e. The van der Waals surface area contributed by atoms with Crippen LogP contribution < -0.4 is 15.4 Å². The molecule has 7 heteroatoms. The summed E-state index contributed by atoms with van der Waals surface area (Å²) in [6.07, 6.45) is 3.94. The molecule has 2 atom stereocenters. The molecule has 144 valence electrons. The van der Waals surface area contributed by atoms with Crippen molar-refractivity contribution in [2.24, 2.45) is 7.05 Å². The molecule has 2 unspecified atom stereocenters. The molecule has 0 radical (unpaired) electrons. The molecule has 0 bridgehead atoms. The number of ether oxygens (including phenoxy) is 1. The third-order valence-electron chi connectivity index (χ3n) is 4.56. The Morgan fingerprint density at radius 3 is 2.50 bits per heavy atom. The van der Waals surface area contributed by atoms with Gasteiger partial charge in [0.25, 0.3) is 0 Å². The van der Waals surface area contributed by atoms with E-state index in [4.69, 9.17) is 4.74 Å². The van der Waals surface area contributed by atoms with E-state index in [0.717, 1.165) is 24.5 Å². The van der Waals surface area contributed by atoms with Crippen molar-refractivity contribution in [1.82, 2.24) is 14.7 Å². The van der Waals surface area contributed by atoms with Crippen molar-refractivity contribution in [2.45, 2.75) is 12.6 Å². The van der Waals surface area contributed by atoms with Gasteiger partial charge in [0.2, 0.25) is 0 Å². The number of carbonyl (C=O) groups excluding carboxylic acids is 1. The van der Waals surface area contributed by atoms with Crippen molar-refractivity contribution in [3.63, 3.8) is 0 Å². The van der Waals surface area contributed by atoms with E-state index in [1.807, 2.05) is 78.7 Å². The van der Waals surface area contributed by atoms with Crippen LogP contribution in [0.15, 0.2) is 67.0 Å². The summed E-state index contributed by atoms with van der Waals surface area (Å²) < 4.78 is 7.69. The second kappa shape index (κ2) is 8.14. The first-order valence-corrected chi connectivity index (χ1v) is 9.23. The predicted molar refractivity (Wildman–Crippen MR) is 108 cm³/mol. The number of urea groups is 1. The zero-order chi connectivity index (χ0) is 19.3. The number of hydrogen-bond acceptors (Lipinski definition) is 4. The standard InChI is InChI=1S/C21H23N5O2/c1-25-12-16(11-22-25)13-26-14-19(26)15-28-20-9-7-18(8-10-20)24-21(27)23-17-5-3-2-4-6-17/h2-12,19H,13-15H2,1H3,(H2,23,24,27). The molecule has 0 spiro atoms. The first kappa shape index (κ1) is 18.1. The Morgan fingerprint density at radius 1 is 1.11 bits per heavy atom. The van der Waals surface area contributed by atoms with Crippen LogP contribution in [-0.4, -0.2) is 39.9 Å². The fourth-order valence-electron chi connectivity index (χ4n) is 3.01. The van der Waals surface area contributed by atoms with Gasteiger partial charge in [-0.3, -0.25) is 9.58 Å². The number of anilines is 2. The largest absolute Gasteiger partial charge is 0.492 e. The molecule has 1 aliphatic rings. The summed E-state index contributed by atoms with van der Waals surface area (Å²) in [5, 5.41) is 9.79. The van der Waals surface area contributed by atoms with Gasteiger partial charge in [-0.1, -0.05) is 18.2 Å². The van der Waals surface area contributed by atoms with Crippen molar-refractivity contribution >= 4 is 17.4 Å². The Morgan fingerprint density at radius 2 is 1.82 bits per heavy atom. The van der Waals surface area contributed by atoms with Gasteiger partial charge in [0.15, 0.2) is 0 Å². The molecular formula is C21H23N5O2. The molecule has 2 amide bonds. The summed E-state index contributed by atoms with van der Waals surface area (Å²) in [6.45, 7) is 2.59. The Hall–Kier alpha value is -3.32. The Labute approximate surface area is 163 Å². The molecule has 0 saturated carbocycles. The number of carbonyl (C=O) groups is 1. The van der Waals surface area contributed by atoms with E-state index in [2.05, 4.69) is 20.6 Å². The summed E-state index contributed by atoms with van der Waals surface area (Å²) in [7, 11) is 1.93. The van der Waals surface area contributed by atoms with E-state index in [0.29, 0.717) is 18.3 Å². The highest BCUT2D eigenvalue weighted by Crippen LogP contribution is 2.23. The van der Waals surface area contributed by atoms with Gasteiger partial charge in [-0.05, 0) is 36.4 Å². The lowest BCUT2D eigenvalue weighted by atomic mass is 10.3. The molecule has 28 heavy (non-hydrogen) atoms. The molecule has 2 N–H and O–H groups in total. The molecule has 2 aromatic carbocycles. The molecule has 4 rings (SSSR count). The second-order valence-electron chi connectivity index (χ2n) is 6.89. The highest BCUT2D eigenvalue weighted by Gasteiger charge is 2.34. The van der Waals surface area contributed by atoms with Crippen LogP contribution in [0, 0.1) is 0 Å². The van der Waals surface area contributed by atoms with E-state index in [1.54, 1.807) is 0 Å². The summed E-state index contributed by atoms with van der Waals surface area (Å²) >= 11 is 0. The molecular weight excluding hydrogens is 354 g/mol. The predicted octanol–water partition coefficient (Wildman–Crippen LogP) is 3.33. The molecule has 7 nitrogen and oxygen atoms in total. The monoisotopic (exact) mass is 377 g/mol. The van der Waals surface area contributed by atoms with E-state index in [1.165, 1.54) is 5.56 Å². The topological polar surface area (TPSA) is 71.2 Å². The van der Waals surface area contributed by atoms with Crippen LogP contribution in [0.3, 0.4) is 0 Å². The maximum Gasteiger partial charge on any atom is 0.323 e. The summed E-state index contributed by atoms with van der Waals surface area (Å²) in [5.74, 6) is 0.794. The fourth-order valence-corrected chi connectivity index (χ4v) is 3.01. The number of hydrogen-bond donors (Lipinski definition) is 2. The van der Waals surface area contributed by atoms with E-state index >= 15 is 0 Å². The Kier molecular flexibility index (Phi) is 5.25. The molecule has 2 heterocycles. The van der Waals surface area contributed by atoms with Crippen LogP contribution in [0.25, 0.3) is 0 Å². The minimum Gasteiger partial charge on any atom is -0.492 e. The lowest BCUT2D eigenvalue weighted by Gasteiger charge is -2.09. The van der Waals surface area contributed by atoms with Crippen LogP contribution in [0.5, 0.6) is 5.75 Å². The average molecular weight is 377 g/mol. The number of benzene rings is 2. The van der Waals surface area contributed by atoms with E-state index < -0.39 is 0 Å². The lowest BCUT2D eigenvalue weighted by Crippen LogP contribution is -2.19. The van der Waals surface area contributed by atoms with Crippen LogP contribution in [0.1, 0.15) is 5.56 Å². The summed E-state index contributed by atoms with van der Waals surface area (Å²) in [5.41, 5.74) is 2.68. The third kappa shape index (κ3) is 4.89. The number of aryl methyl sites for hydroxylation is 1. The minimum absolute atomic E-state index is 0.274. The van der Waals surface area contributed by atoms with Gasteiger partial charge in [-0.25, -0.2) is 4.79 Å². The first-order valence-electron chi connectivity index (χ1n) is 9.23. The highest BCUT2D eigenvalue weighted by atomic mass is 16.5.